The maximum atomic E-state index is 12.2. The van der Waals surface area contributed by atoms with E-state index in [-0.39, 0.29) is 5.91 Å². The second-order valence-electron chi connectivity index (χ2n) is 5.33. The molecule has 3 aromatic rings. The van der Waals surface area contributed by atoms with Crippen LogP contribution in [0.4, 0.5) is 0 Å². The molecule has 0 saturated heterocycles. The van der Waals surface area contributed by atoms with Crippen molar-refractivity contribution in [3.63, 3.8) is 0 Å². The third-order valence-electron chi connectivity index (χ3n) is 3.39. The van der Waals surface area contributed by atoms with Gasteiger partial charge in [-0.15, -0.1) is 16.9 Å². The molecular formula is C17H16N4OS2. The highest BCUT2D eigenvalue weighted by Crippen LogP contribution is 2.26. The summed E-state index contributed by atoms with van der Waals surface area (Å²) >= 11 is 2.91. The van der Waals surface area contributed by atoms with Crippen LogP contribution in [0, 0.1) is 0 Å². The Morgan fingerprint density at radius 1 is 1.21 bits per heavy atom. The fraction of sp³-hybridized carbons (Fsp3) is 0.176. The van der Waals surface area contributed by atoms with Crippen molar-refractivity contribution in [3.05, 3.63) is 59.1 Å². The van der Waals surface area contributed by atoms with Crippen LogP contribution < -0.4 is 0 Å². The average molecular weight is 356 g/mol. The van der Waals surface area contributed by atoms with Crippen molar-refractivity contribution in [2.24, 2.45) is 0 Å². The summed E-state index contributed by atoms with van der Waals surface area (Å²) in [5.41, 5.74) is 3.75. The number of hydrogen-bond donors (Lipinski definition) is 0. The van der Waals surface area contributed by atoms with Gasteiger partial charge in [0.15, 0.2) is 0 Å². The Morgan fingerprint density at radius 2 is 2.00 bits per heavy atom. The first kappa shape index (κ1) is 16.6. The zero-order valence-electron chi connectivity index (χ0n) is 13.3. The minimum atomic E-state index is -0.0306. The molecule has 24 heavy (non-hydrogen) atoms. The molecule has 0 spiro atoms. The summed E-state index contributed by atoms with van der Waals surface area (Å²) in [7, 11) is 3.49. The van der Waals surface area contributed by atoms with Crippen LogP contribution in [0.3, 0.4) is 0 Å². The molecule has 0 aliphatic heterocycles. The Hall–Kier alpha value is -2.25. The average Bonchev–Trinajstić information content (AvgIpc) is 3.14. The topological polar surface area (TPSA) is 59.0 Å². The van der Waals surface area contributed by atoms with Crippen LogP contribution in [0.15, 0.2) is 53.0 Å². The largest absolute Gasteiger partial charge is 0.345 e. The lowest BCUT2D eigenvalue weighted by Gasteiger charge is -2.13. The number of amides is 1. The first-order valence-electron chi connectivity index (χ1n) is 7.31. The third-order valence-corrected chi connectivity index (χ3v) is 4.97. The van der Waals surface area contributed by atoms with Crippen LogP contribution in [-0.2, 0) is 5.75 Å². The molecule has 2 heterocycles. The van der Waals surface area contributed by atoms with E-state index in [0.29, 0.717) is 5.56 Å². The maximum absolute atomic E-state index is 12.2. The summed E-state index contributed by atoms with van der Waals surface area (Å²) in [6.07, 6.45) is 1.72. The van der Waals surface area contributed by atoms with E-state index in [9.17, 15) is 4.79 Å². The number of rotatable bonds is 5. The smallest absolute Gasteiger partial charge is 0.256 e. The van der Waals surface area contributed by atoms with Gasteiger partial charge < -0.3 is 4.90 Å². The van der Waals surface area contributed by atoms with Crippen LogP contribution in [0.5, 0.6) is 0 Å². The summed E-state index contributed by atoms with van der Waals surface area (Å²) in [6.45, 7) is 0. The van der Waals surface area contributed by atoms with Crippen molar-refractivity contribution in [2.75, 3.05) is 14.1 Å². The summed E-state index contributed by atoms with van der Waals surface area (Å²) in [5, 5.41) is 6.75. The van der Waals surface area contributed by atoms with E-state index >= 15 is 0 Å². The molecule has 0 aliphatic carbocycles. The van der Waals surface area contributed by atoms with Crippen LogP contribution in [-0.4, -0.2) is 39.5 Å². The summed E-state index contributed by atoms with van der Waals surface area (Å²) in [4.78, 5) is 18.1. The van der Waals surface area contributed by atoms with Crippen LogP contribution in [0.2, 0.25) is 0 Å². The van der Waals surface area contributed by atoms with Crippen LogP contribution >= 0.6 is 23.3 Å². The van der Waals surface area contributed by atoms with E-state index in [2.05, 4.69) is 26.7 Å². The van der Waals surface area contributed by atoms with Crippen molar-refractivity contribution >= 4 is 29.2 Å². The van der Waals surface area contributed by atoms with Gasteiger partial charge in [0.05, 0.1) is 5.56 Å². The minimum Gasteiger partial charge on any atom is -0.345 e. The quantitative estimate of drug-likeness (QED) is 0.654. The van der Waals surface area contributed by atoms with Gasteiger partial charge in [0.2, 0.25) is 0 Å². The van der Waals surface area contributed by atoms with Crippen molar-refractivity contribution in [1.82, 2.24) is 19.5 Å². The monoisotopic (exact) mass is 356 g/mol. The second-order valence-corrected chi connectivity index (χ2v) is 6.91. The van der Waals surface area contributed by atoms with Crippen molar-refractivity contribution < 1.29 is 4.79 Å². The van der Waals surface area contributed by atoms with Gasteiger partial charge in [0, 0.05) is 37.0 Å². The molecule has 7 heteroatoms. The highest BCUT2D eigenvalue weighted by molar-refractivity contribution is 7.98. The fourth-order valence-electron chi connectivity index (χ4n) is 2.12. The summed E-state index contributed by atoms with van der Waals surface area (Å²) in [6, 6.07) is 11.8. The Morgan fingerprint density at radius 3 is 2.67 bits per heavy atom. The molecule has 2 aromatic heterocycles. The molecule has 1 amide bonds. The molecule has 0 fully saturated rings. The SMILES string of the molecule is CN(C)C(=O)c1cccnc1SCc1ccc(-c2csnn2)cc1. The predicted octanol–water partition coefficient (Wildman–Crippen LogP) is 3.59. The molecular weight excluding hydrogens is 340 g/mol. The van der Waals surface area contributed by atoms with Crippen molar-refractivity contribution in [1.29, 1.82) is 0 Å². The number of hydrogen-bond acceptors (Lipinski definition) is 6. The van der Waals surface area contributed by atoms with Gasteiger partial charge >= 0.3 is 0 Å². The van der Waals surface area contributed by atoms with Crippen LogP contribution in [0.1, 0.15) is 15.9 Å². The number of benzene rings is 1. The molecule has 1 aromatic carbocycles. The van der Waals surface area contributed by atoms with E-state index < -0.39 is 0 Å². The van der Waals surface area contributed by atoms with Gasteiger partial charge in [-0.3, -0.25) is 4.79 Å². The number of thioether (sulfide) groups is 1. The van der Waals surface area contributed by atoms with Gasteiger partial charge in [-0.05, 0) is 29.2 Å². The van der Waals surface area contributed by atoms with E-state index in [1.807, 2.05) is 23.6 Å². The van der Waals surface area contributed by atoms with E-state index in [1.165, 1.54) is 17.1 Å². The van der Waals surface area contributed by atoms with Gasteiger partial charge in [-0.2, -0.15) is 0 Å². The molecule has 0 unspecified atom stereocenters. The zero-order chi connectivity index (χ0) is 16.9. The minimum absolute atomic E-state index is 0.0306. The predicted molar refractivity (Wildman–Crippen MR) is 97.2 cm³/mol. The lowest BCUT2D eigenvalue weighted by atomic mass is 10.1. The van der Waals surface area contributed by atoms with E-state index in [0.717, 1.165) is 22.0 Å². The highest BCUT2D eigenvalue weighted by atomic mass is 32.2. The van der Waals surface area contributed by atoms with Gasteiger partial charge in [0.25, 0.3) is 5.91 Å². The van der Waals surface area contributed by atoms with Crippen molar-refractivity contribution in [2.45, 2.75) is 10.8 Å². The summed E-state index contributed by atoms with van der Waals surface area (Å²) in [5.74, 6) is 0.720. The third kappa shape index (κ3) is 3.80. The second kappa shape index (κ2) is 7.55. The molecule has 0 atom stereocenters. The number of nitrogens with zero attached hydrogens (tertiary/aromatic N) is 4. The molecule has 3 rings (SSSR count). The normalized spacial score (nSPS) is 10.6. The number of carbonyl (C=O) groups excluding carboxylic acids is 1. The summed E-state index contributed by atoms with van der Waals surface area (Å²) < 4.78 is 3.88. The Bertz CT molecular complexity index is 817. The van der Waals surface area contributed by atoms with Crippen molar-refractivity contribution in [3.8, 4) is 11.3 Å². The molecule has 122 valence electrons. The Balaban J connectivity index is 1.71. The lowest BCUT2D eigenvalue weighted by Crippen LogP contribution is -2.22. The van der Waals surface area contributed by atoms with Gasteiger partial charge in [0.1, 0.15) is 10.7 Å². The number of aromatic nitrogens is 3. The Labute approximate surface area is 148 Å². The number of pyridine rings is 1. The molecule has 0 N–H and O–H groups in total. The molecule has 5 nitrogen and oxygen atoms in total. The van der Waals surface area contributed by atoms with E-state index in [4.69, 9.17) is 0 Å². The molecule has 0 radical (unpaired) electrons. The maximum Gasteiger partial charge on any atom is 0.256 e. The van der Waals surface area contributed by atoms with Crippen LogP contribution in [0.25, 0.3) is 11.3 Å². The Kier molecular flexibility index (Phi) is 5.22. The zero-order valence-corrected chi connectivity index (χ0v) is 15.0. The van der Waals surface area contributed by atoms with E-state index in [1.54, 1.807) is 43.0 Å². The first-order valence-corrected chi connectivity index (χ1v) is 9.13. The van der Waals surface area contributed by atoms with Gasteiger partial charge in [-0.1, -0.05) is 28.8 Å². The molecule has 0 bridgehead atoms. The standard InChI is InChI=1S/C17H16N4OS2/c1-21(2)17(22)14-4-3-9-18-16(14)23-10-12-5-7-13(8-6-12)15-11-24-20-19-15/h3-9,11H,10H2,1-2H3. The fourth-order valence-corrected chi connectivity index (χ4v) is 3.53. The highest BCUT2D eigenvalue weighted by Gasteiger charge is 2.14. The number of carbonyl (C=O) groups is 1. The first-order chi connectivity index (χ1) is 11.6. The molecule has 0 saturated carbocycles. The van der Waals surface area contributed by atoms with Gasteiger partial charge in [-0.25, -0.2) is 4.98 Å². The molecule has 0 aliphatic rings. The lowest BCUT2D eigenvalue weighted by molar-refractivity contribution is 0.0823.